The van der Waals surface area contributed by atoms with Crippen LogP contribution in [-0.4, -0.2) is 16.2 Å². The summed E-state index contributed by atoms with van der Waals surface area (Å²) in [6.07, 6.45) is 0. The van der Waals surface area contributed by atoms with Gasteiger partial charge in [0.2, 0.25) is 11.9 Å². The molecule has 23 heavy (non-hydrogen) atoms. The van der Waals surface area contributed by atoms with Crippen molar-refractivity contribution in [1.29, 1.82) is 0 Å². The number of nitrogens with one attached hydrogen (secondary N) is 1. The third kappa shape index (κ3) is 2.85. The number of nitrogens with zero attached hydrogens (tertiary/aromatic N) is 2. The molecule has 0 saturated heterocycles. The molecule has 5 nitrogen and oxygen atoms in total. The van der Waals surface area contributed by atoms with Crippen LogP contribution in [0.25, 0.3) is 11.4 Å². The lowest BCUT2D eigenvalue weighted by atomic mass is 10.1. The summed E-state index contributed by atoms with van der Waals surface area (Å²) in [5.74, 6) is 2.33. The molecule has 1 aliphatic heterocycles. The Hall–Kier alpha value is -2.60. The minimum absolute atomic E-state index is 0.0982. The molecule has 116 valence electrons. The van der Waals surface area contributed by atoms with Gasteiger partial charge in [-0.05, 0) is 24.6 Å². The Labute approximate surface area is 138 Å². The smallest absolute Gasteiger partial charge is 0.231 e. The zero-order chi connectivity index (χ0) is 15.6. The monoisotopic (exact) mass is 325 g/mol. The Bertz CT molecular complexity index is 820. The molecule has 0 bridgehead atoms. The van der Waals surface area contributed by atoms with E-state index in [4.69, 9.17) is 9.47 Å². The van der Waals surface area contributed by atoms with E-state index in [9.17, 15) is 0 Å². The van der Waals surface area contributed by atoms with E-state index >= 15 is 0 Å². The van der Waals surface area contributed by atoms with Crippen molar-refractivity contribution in [3.8, 4) is 22.9 Å². The molecule has 0 saturated carbocycles. The van der Waals surface area contributed by atoms with Crippen LogP contribution in [0.3, 0.4) is 0 Å². The molecule has 2 aromatic carbocycles. The molecule has 0 radical (unpaired) electrons. The van der Waals surface area contributed by atoms with E-state index in [2.05, 4.69) is 21.6 Å². The lowest BCUT2D eigenvalue weighted by Gasteiger charge is -2.13. The Morgan fingerprint density at radius 1 is 1.09 bits per heavy atom. The van der Waals surface area contributed by atoms with Crippen LogP contribution in [0.5, 0.6) is 11.5 Å². The summed E-state index contributed by atoms with van der Waals surface area (Å²) in [6, 6.07) is 16.0. The van der Waals surface area contributed by atoms with Gasteiger partial charge in [-0.2, -0.15) is 9.36 Å². The van der Waals surface area contributed by atoms with Gasteiger partial charge in [-0.3, -0.25) is 0 Å². The minimum Gasteiger partial charge on any atom is -0.454 e. The van der Waals surface area contributed by atoms with Gasteiger partial charge in [0.05, 0.1) is 6.04 Å². The second-order valence-electron chi connectivity index (χ2n) is 5.27. The molecule has 1 aliphatic rings. The van der Waals surface area contributed by atoms with Crippen molar-refractivity contribution in [2.24, 2.45) is 0 Å². The Morgan fingerprint density at radius 2 is 1.91 bits per heavy atom. The Balaban J connectivity index is 1.51. The maximum absolute atomic E-state index is 5.43. The summed E-state index contributed by atoms with van der Waals surface area (Å²) < 4.78 is 15.2. The van der Waals surface area contributed by atoms with Crippen LogP contribution in [0.1, 0.15) is 18.5 Å². The number of hydrogen-bond donors (Lipinski definition) is 1. The highest BCUT2D eigenvalue weighted by atomic mass is 32.1. The summed E-state index contributed by atoms with van der Waals surface area (Å²) >= 11 is 1.36. The standard InChI is InChI=1S/C17H15N3O2S/c1-11(13-7-8-14-15(9-13)22-10-21-14)18-17-19-16(20-23-17)12-5-3-2-4-6-12/h2-9,11H,10H2,1H3,(H,18,19,20). The quantitative estimate of drug-likeness (QED) is 0.782. The Kier molecular flexibility index (Phi) is 3.59. The van der Waals surface area contributed by atoms with Gasteiger partial charge in [0, 0.05) is 17.1 Å². The number of ether oxygens (including phenoxy) is 2. The maximum Gasteiger partial charge on any atom is 0.231 e. The molecule has 6 heteroatoms. The topological polar surface area (TPSA) is 56.3 Å². The first-order valence-corrected chi connectivity index (χ1v) is 8.12. The van der Waals surface area contributed by atoms with Crippen LogP contribution in [0, 0.1) is 0 Å². The molecule has 1 aromatic heterocycles. The molecule has 0 aliphatic carbocycles. The highest BCUT2D eigenvalue weighted by Crippen LogP contribution is 2.35. The second kappa shape index (κ2) is 5.89. The zero-order valence-electron chi connectivity index (χ0n) is 12.5. The number of rotatable bonds is 4. The third-order valence-electron chi connectivity index (χ3n) is 3.69. The van der Waals surface area contributed by atoms with E-state index in [0.717, 1.165) is 33.6 Å². The van der Waals surface area contributed by atoms with Crippen molar-refractivity contribution in [3.05, 3.63) is 54.1 Å². The van der Waals surface area contributed by atoms with Gasteiger partial charge >= 0.3 is 0 Å². The molecular formula is C17H15N3O2S. The van der Waals surface area contributed by atoms with E-state index in [0.29, 0.717) is 0 Å². The van der Waals surface area contributed by atoms with Gasteiger partial charge in [-0.15, -0.1) is 0 Å². The molecule has 3 aromatic rings. The first kappa shape index (κ1) is 14.0. The third-order valence-corrected chi connectivity index (χ3v) is 4.34. The number of fused-ring (bicyclic) bond motifs is 1. The normalized spacial score (nSPS) is 13.8. The van der Waals surface area contributed by atoms with Gasteiger partial charge in [0.15, 0.2) is 17.3 Å². The van der Waals surface area contributed by atoms with Gasteiger partial charge in [-0.1, -0.05) is 36.4 Å². The fourth-order valence-corrected chi connectivity index (χ4v) is 3.11. The predicted octanol–water partition coefficient (Wildman–Crippen LogP) is 4.11. The van der Waals surface area contributed by atoms with Crippen molar-refractivity contribution in [1.82, 2.24) is 9.36 Å². The summed E-state index contributed by atoms with van der Waals surface area (Å²) in [7, 11) is 0. The van der Waals surface area contributed by atoms with Crippen molar-refractivity contribution in [2.45, 2.75) is 13.0 Å². The van der Waals surface area contributed by atoms with E-state index in [1.54, 1.807) is 0 Å². The first-order valence-electron chi connectivity index (χ1n) is 7.35. The van der Waals surface area contributed by atoms with Gasteiger partial charge in [-0.25, -0.2) is 0 Å². The highest BCUT2D eigenvalue weighted by Gasteiger charge is 2.16. The minimum atomic E-state index is 0.0982. The number of benzene rings is 2. The summed E-state index contributed by atoms with van der Waals surface area (Å²) in [4.78, 5) is 4.56. The van der Waals surface area contributed by atoms with Crippen LogP contribution in [0.15, 0.2) is 48.5 Å². The SMILES string of the molecule is CC(Nc1nc(-c2ccccc2)ns1)c1ccc2c(c1)OCO2. The van der Waals surface area contributed by atoms with Crippen LogP contribution in [0.2, 0.25) is 0 Å². The van der Waals surface area contributed by atoms with Crippen LogP contribution in [-0.2, 0) is 0 Å². The van der Waals surface area contributed by atoms with Crippen molar-refractivity contribution >= 4 is 16.7 Å². The van der Waals surface area contributed by atoms with Crippen LogP contribution < -0.4 is 14.8 Å². The number of anilines is 1. The summed E-state index contributed by atoms with van der Waals surface area (Å²) in [6.45, 7) is 2.37. The van der Waals surface area contributed by atoms with Gasteiger partial charge < -0.3 is 14.8 Å². The fraction of sp³-hybridized carbons (Fsp3) is 0.176. The summed E-state index contributed by atoms with van der Waals surface area (Å²) in [5.41, 5.74) is 2.14. The lowest BCUT2D eigenvalue weighted by molar-refractivity contribution is 0.174. The molecular weight excluding hydrogens is 310 g/mol. The summed E-state index contributed by atoms with van der Waals surface area (Å²) in [5, 5.41) is 4.19. The van der Waals surface area contributed by atoms with Crippen molar-refractivity contribution in [3.63, 3.8) is 0 Å². The van der Waals surface area contributed by atoms with E-state index in [1.165, 1.54) is 11.5 Å². The average Bonchev–Trinajstić information content (AvgIpc) is 3.24. The van der Waals surface area contributed by atoms with E-state index in [1.807, 2.05) is 48.5 Å². The average molecular weight is 325 g/mol. The van der Waals surface area contributed by atoms with Crippen LogP contribution >= 0.6 is 11.5 Å². The van der Waals surface area contributed by atoms with Gasteiger partial charge in [0.1, 0.15) is 0 Å². The molecule has 4 rings (SSSR count). The molecule has 1 N–H and O–H groups in total. The fourth-order valence-electron chi connectivity index (χ4n) is 2.44. The predicted molar refractivity (Wildman–Crippen MR) is 89.9 cm³/mol. The van der Waals surface area contributed by atoms with Crippen LogP contribution in [0.4, 0.5) is 5.13 Å². The van der Waals surface area contributed by atoms with Gasteiger partial charge in [0.25, 0.3) is 0 Å². The first-order chi connectivity index (χ1) is 11.3. The number of aromatic nitrogens is 2. The van der Waals surface area contributed by atoms with Crippen molar-refractivity contribution < 1.29 is 9.47 Å². The maximum atomic E-state index is 5.43. The largest absolute Gasteiger partial charge is 0.454 e. The van der Waals surface area contributed by atoms with E-state index < -0.39 is 0 Å². The zero-order valence-corrected chi connectivity index (χ0v) is 13.3. The highest BCUT2D eigenvalue weighted by molar-refractivity contribution is 7.09. The molecule has 1 unspecified atom stereocenters. The van der Waals surface area contributed by atoms with Crippen molar-refractivity contribution in [2.75, 3.05) is 12.1 Å². The lowest BCUT2D eigenvalue weighted by Crippen LogP contribution is -2.06. The molecule has 0 fully saturated rings. The second-order valence-corrected chi connectivity index (χ2v) is 6.02. The molecule has 0 spiro atoms. The molecule has 0 amide bonds. The number of hydrogen-bond acceptors (Lipinski definition) is 6. The molecule has 2 heterocycles. The van der Waals surface area contributed by atoms with E-state index in [-0.39, 0.29) is 12.8 Å². The molecule has 1 atom stereocenters. The Morgan fingerprint density at radius 3 is 2.78 bits per heavy atom.